The van der Waals surface area contributed by atoms with E-state index < -0.39 is 0 Å². The van der Waals surface area contributed by atoms with Crippen molar-refractivity contribution in [3.05, 3.63) is 47.5 Å². The summed E-state index contributed by atoms with van der Waals surface area (Å²) >= 11 is 3.03. The number of amides is 1. The molecule has 0 aliphatic carbocycles. The molecule has 2 aromatic heterocycles. The number of hydrogen-bond donors (Lipinski definition) is 5. The van der Waals surface area contributed by atoms with Crippen molar-refractivity contribution in [3.63, 3.8) is 0 Å². The summed E-state index contributed by atoms with van der Waals surface area (Å²) in [5.41, 5.74) is 7.51. The Bertz CT molecular complexity index is 1950. The maximum atomic E-state index is 13.6. The van der Waals surface area contributed by atoms with Gasteiger partial charge in [-0.3, -0.25) is 31.2 Å². The van der Waals surface area contributed by atoms with E-state index >= 15 is 0 Å². The van der Waals surface area contributed by atoms with Crippen LogP contribution in [0.3, 0.4) is 0 Å². The molecule has 1 fully saturated rings. The van der Waals surface area contributed by atoms with Crippen LogP contribution in [0, 0.1) is 0 Å². The first kappa shape index (κ1) is 37.8. The van der Waals surface area contributed by atoms with Gasteiger partial charge in [-0.15, -0.1) is 11.8 Å². The van der Waals surface area contributed by atoms with Gasteiger partial charge in [0.25, 0.3) is 0 Å². The van der Waals surface area contributed by atoms with Crippen molar-refractivity contribution in [2.45, 2.75) is 62.5 Å². The number of nitrogens with zero attached hydrogens (tertiary/aromatic N) is 6. The highest BCUT2D eigenvalue weighted by Gasteiger charge is 2.34. The van der Waals surface area contributed by atoms with E-state index in [2.05, 4.69) is 48.0 Å². The van der Waals surface area contributed by atoms with E-state index in [1.54, 1.807) is 6.07 Å². The van der Waals surface area contributed by atoms with E-state index in [9.17, 15) is 9.59 Å². The quantitative estimate of drug-likeness (QED) is 0.0262. The third-order valence-electron chi connectivity index (χ3n) is 9.32. The van der Waals surface area contributed by atoms with Crippen molar-refractivity contribution in [2.75, 3.05) is 63.3 Å². The normalized spacial score (nSPS) is 18.1. The molecule has 16 heteroatoms. The molecule has 2 aliphatic heterocycles. The summed E-state index contributed by atoms with van der Waals surface area (Å²) in [6, 6.07) is 7.62. The standard InChI is InChI=1S/C36H49N11O3S2/c1-5-26-33(52-23(2)41-26)34(49)44-36-43-28-18-25(22-48)20-30(51-4)32(28)47(36)13-7-6-12-46-31-27(42-35(46)38-3)17-24(21-40-37)19-29(31)50-16-8-11-45-14-9-39-10-15-45/h6-7,17-20,22,26,33,39-40H,5,8-16,21,37H2,1-4H3,(H,38,42)(H,43,44,49)/b7-6+. The zero-order valence-corrected chi connectivity index (χ0v) is 31.9. The molecule has 2 aromatic carbocycles. The predicted octanol–water partition coefficient (Wildman–Crippen LogP) is 4.11. The van der Waals surface area contributed by atoms with E-state index in [0.717, 1.165) is 89.7 Å². The molecule has 0 spiro atoms. The molecule has 1 amide bonds. The Hall–Kier alpha value is -3.93. The molecule has 4 heterocycles. The van der Waals surface area contributed by atoms with E-state index in [0.29, 0.717) is 49.2 Å². The van der Waals surface area contributed by atoms with E-state index in [4.69, 9.17) is 20.5 Å². The Labute approximate surface area is 312 Å². The van der Waals surface area contributed by atoms with Gasteiger partial charge in [0, 0.05) is 69.9 Å². The fourth-order valence-corrected chi connectivity index (χ4v) is 8.61. The van der Waals surface area contributed by atoms with Gasteiger partial charge in [-0.2, -0.15) is 0 Å². The molecule has 2 unspecified atom stereocenters. The number of aldehydes is 1. The molecular weight excluding hydrogens is 699 g/mol. The second-order valence-corrected chi connectivity index (χ2v) is 15.0. The van der Waals surface area contributed by atoms with Crippen LogP contribution in [-0.4, -0.2) is 105 Å². The second-order valence-electron chi connectivity index (χ2n) is 12.8. The number of aliphatic imine (C=N–C) groups is 1. The minimum absolute atomic E-state index is 0.0822. The summed E-state index contributed by atoms with van der Waals surface area (Å²) in [5.74, 6) is 7.48. The van der Waals surface area contributed by atoms with Gasteiger partial charge in [-0.25, -0.2) is 9.97 Å². The first-order valence-corrected chi connectivity index (χ1v) is 19.9. The smallest absolute Gasteiger partial charge is 0.242 e. The number of nitrogens with one attached hydrogen (secondary N) is 4. The van der Waals surface area contributed by atoms with Gasteiger partial charge >= 0.3 is 0 Å². The van der Waals surface area contributed by atoms with Crippen LogP contribution in [0.4, 0.5) is 11.9 Å². The number of thioether (sulfide) groups is 2. The monoisotopic (exact) mass is 747 g/mol. The van der Waals surface area contributed by atoms with Crippen LogP contribution in [0.1, 0.15) is 42.6 Å². The molecule has 14 nitrogen and oxygen atoms in total. The highest BCUT2D eigenvalue weighted by atomic mass is 32.2. The largest absolute Gasteiger partial charge is 0.491 e. The fraction of sp³-hybridized carbons (Fsp3) is 0.472. The molecule has 52 heavy (non-hydrogen) atoms. The summed E-state index contributed by atoms with van der Waals surface area (Å²) in [5, 5.41) is 10.3. The van der Waals surface area contributed by atoms with E-state index in [-0.39, 0.29) is 17.2 Å². The third-order valence-corrected chi connectivity index (χ3v) is 11.3. The molecule has 6 rings (SSSR count). The van der Waals surface area contributed by atoms with Crippen molar-refractivity contribution in [2.24, 2.45) is 10.8 Å². The molecule has 6 N–H and O–H groups in total. The molecule has 2 atom stereocenters. The van der Waals surface area contributed by atoms with Crippen LogP contribution < -0.4 is 32.0 Å². The van der Waals surface area contributed by atoms with Gasteiger partial charge < -0.3 is 29.4 Å². The van der Waals surface area contributed by atoms with E-state index in [1.165, 1.54) is 23.5 Å². The highest BCUT2D eigenvalue weighted by molar-refractivity contribution is 8.15. The number of imidazole rings is 2. The maximum absolute atomic E-state index is 13.6. The second kappa shape index (κ2) is 17.7. The molecule has 1 saturated heterocycles. The van der Waals surface area contributed by atoms with Gasteiger partial charge in [0.15, 0.2) is 0 Å². The number of benzene rings is 2. The summed E-state index contributed by atoms with van der Waals surface area (Å²) < 4.78 is 10.6. The Morgan fingerprint density at radius 2 is 1.83 bits per heavy atom. The lowest BCUT2D eigenvalue weighted by atomic mass is 10.1. The zero-order chi connectivity index (χ0) is 36.6. The number of carbonyl (C=O) groups excluding carboxylic acids is 2. The Kier molecular flexibility index (Phi) is 12.9. The average Bonchev–Trinajstić information content (AvgIpc) is 3.83. The molecule has 0 bridgehead atoms. The number of hydrazine groups is 1. The molecular formula is C36H49N11O3S2. The number of fused-ring (bicyclic) bond motifs is 2. The van der Waals surface area contributed by atoms with Gasteiger partial charge in [0.1, 0.15) is 22.8 Å². The van der Waals surface area contributed by atoms with Gasteiger partial charge in [-0.1, -0.05) is 30.8 Å². The lowest BCUT2D eigenvalue weighted by Crippen LogP contribution is -2.43. The van der Waals surface area contributed by atoms with Crippen molar-refractivity contribution < 1.29 is 14.3 Å². The Balaban J connectivity index is 1.26. The van der Waals surface area contributed by atoms with Crippen molar-refractivity contribution in [1.82, 2.24) is 34.7 Å². The lowest BCUT2D eigenvalue weighted by molar-refractivity contribution is -0.116. The maximum Gasteiger partial charge on any atom is 0.242 e. The summed E-state index contributed by atoms with van der Waals surface area (Å²) in [6.07, 6.45) is 8.63. The third kappa shape index (κ3) is 8.48. The van der Waals surface area contributed by atoms with Crippen LogP contribution >= 0.6 is 23.5 Å². The Morgan fingerprint density at radius 1 is 1.10 bits per heavy atom. The first-order chi connectivity index (χ1) is 25.4. The highest BCUT2D eigenvalue weighted by Crippen LogP contribution is 2.34. The van der Waals surface area contributed by atoms with Crippen LogP contribution in [0.25, 0.3) is 22.1 Å². The molecule has 278 valence electrons. The number of nitrogens with two attached hydrogens (primary N) is 1. The zero-order valence-electron chi connectivity index (χ0n) is 30.3. The van der Waals surface area contributed by atoms with Crippen LogP contribution in [-0.2, 0) is 24.4 Å². The van der Waals surface area contributed by atoms with Crippen molar-refractivity contribution in [3.8, 4) is 5.75 Å². The molecule has 4 aromatic rings. The minimum Gasteiger partial charge on any atom is -0.491 e. The summed E-state index contributed by atoms with van der Waals surface area (Å²) in [6.45, 7) is 11.2. The summed E-state index contributed by atoms with van der Waals surface area (Å²) in [7, 11) is 1.86. The minimum atomic E-state index is -0.325. The van der Waals surface area contributed by atoms with Gasteiger partial charge in [0.05, 0.1) is 34.2 Å². The van der Waals surface area contributed by atoms with Crippen molar-refractivity contribution in [1.29, 1.82) is 0 Å². The molecule has 0 saturated carbocycles. The van der Waals surface area contributed by atoms with Gasteiger partial charge in [-0.05, 0) is 55.9 Å². The molecule has 0 radical (unpaired) electrons. The predicted molar refractivity (Wildman–Crippen MR) is 213 cm³/mol. The van der Waals surface area contributed by atoms with Crippen molar-refractivity contribution >= 4 is 74.7 Å². The number of allylic oxidation sites excluding steroid dienone is 2. The number of ether oxygens (including phenoxy) is 1. The first-order valence-electron chi connectivity index (χ1n) is 17.8. The van der Waals surface area contributed by atoms with E-state index in [1.807, 2.05) is 49.9 Å². The fourth-order valence-electron chi connectivity index (χ4n) is 6.81. The van der Waals surface area contributed by atoms with Crippen LogP contribution in [0.5, 0.6) is 5.75 Å². The number of hydrogen-bond acceptors (Lipinski definition) is 13. The van der Waals surface area contributed by atoms with Crippen LogP contribution in [0.2, 0.25) is 0 Å². The van der Waals surface area contributed by atoms with Crippen LogP contribution in [0.15, 0.2) is 46.3 Å². The number of rotatable bonds is 17. The number of aromatic nitrogens is 4. The van der Waals surface area contributed by atoms with Gasteiger partial charge in [0.2, 0.25) is 17.8 Å². The number of anilines is 2. The lowest BCUT2D eigenvalue weighted by Gasteiger charge is -2.27. The number of piperazine rings is 1. The summed E-state index contributed by atoms with van der Waals surface area (Å²) in [4.78, 5) is 43.1. The topological polar surface area (TPSA) is 169 Å². The average molecular weight is 748 g/mol. The SMILES string of the molecule is CCC1N=C(C)SC1C(=O)Nc1nc2cc(C=O)cc(SC)c2n1C/C=C/Cn1c(NC)nc2cc(CNN)cc(OCCCN3CCNCC3)c21. The number of carbonyl (C=O) groups is 2. The molecule has 2 aliphatic rings. The Morgan fingerprint density at radius 3 is 2.52 bits per heavy atom.